The highest BCUT2D eigenvalue weighted by Gasteiger charge is 2.20. The third kappa shape index (κ3) is 4.75. The molecule has 8 heteroatoms. The SMILES string of the molecule is Fc1ccc(N2CCN(Cc3cccn3-c3nnc(N4CCCCCC4)s3)CC2)cc1. The van der Waals surface area contributed by atoms with Gasteiger partial charge in [-0.1, -0.05) is 24.2 Å². The average Bonchev–Trinajstić information content (AvgIpc) is 3.38. The Balaban J connectivity index is 1.22. The van der Waals surface area contributed by atoms with Crippen molar-refractivity contribution in [2.24, 2.45) is 0 Å². The topological polar surface area (TPSA) is 40.4 Å². The maximum absolute atomic E-state index is 13.2. The van der Waals surface area contributed by atoms with Crippen molar-refractivity contribution in [3.05, 3.63) is 54.1 Å². The van der Waals surface area contributed by atoms with Gasteiger partial charge in [0.25, 0.3) is 0 Å². The number of nitrogens with zero attached hydrogens (tertiary/aromatic N) is 6. The van der Waals surface area contributed by atoms with Gasteiger partial charge in [0.1, 0.15) is 5.82 Å². The van der Waals surface area contributed by atoms with E-state index >= 15 is 0 Å². The van der Waals surface area contributed by atoms with Crippen molar-refractivity contribution in [2.45, 2.75) is 32.2 Å². The summed E-state index contributed by atoms with van der Waals surface area (Å²) in [5.41, 5.74) is 2.34. The van der Waals surface area contributed by atoms with Crippen LogP contribution in [0.5, 0.6) is 0 Å². The first kappa shape index (κ1) is 20.5. The highest BCUT2D eigenvalue weighted by molar-refractivity contribution is 7.17. The van der Waals surface area contributed by atoms with E-state index in [1.54, 1.807) is 11.3 Å². The molecule has 3 aromatic rings. The molecule has 1 aromatic carbocycles. The molecule has 31 heavy (non-hydrogen) atoms. The van der Waals surface area contributed by atoms with Crippen molar-refractivity contribution in [2.75, 3.05) is 49.1 Å². The van der Waals surface area contributed by atoms with Gasteiger partial charge in [0.15, 0.2) is 0 Å². The number of piperazine rings is 1. The van der Waals surface area contributed by atoms with E-state index in [1.807, 2.05) is 12.1 Å². The van der Waals surface area contributed by atoms with Gasteiger partial charge in [0, 0.05) is 63.4 Å². The predicted molar refractivity (Wildman–Crippen MR) is 124 cm³/mol. The molecule has 2 fully saturated rings. The molecule has 0 atom stereocenters. The van der Waals surface area contributed by atoms with Gasteiger partial charge in [-0.05, 0) is 49.2 Å². The first-order valence-corrected chi connectivity index (χ1v) is 12.1. The maximum atomic E-state index is 13.2. The smallest absolute Gasteiger partial charge is 0.218 e. The lowest BCUT2D eigenvalue weighted by molar-refractivity contribution is 0.246. The fourth-order valence-electron chi connectivity index (χ4n) is 4.47. The molecule has 0 amide bonds. The monoisotopic (exact) mass is 440 g/mol. The first-order chi connectivity index (χ1) is 15.3. The number of halogens is 1. The molecule has 0 radical (unpaired) electrons. The van der Waals surface area contributed by atoms with E-state index in [-0.39, 0.29) is 5.82 Å². The van der Waals surface area contributed by atoms with Crippen molar-refractivity contribution in [1.82, 2.24) is 19.7 Å². The van der Waals surface area contributed by atoms with Crippen LogP contribution in [0, 0.1) is 5.82 Å². The fourth-order valence-corrected chi connectivity index (χ4v) is 5.39. The van der Waals surface area contributed by atoms with E-state index in [0.29, 0.717) is 0 Å². The fraction of sp³-hybridized carbons (Fsp3) is 0.478. The Morgan fingerprint density at radius 1 is 0.774 bits per heavy atom. The number of rotatable bonds is 5. The van der Waals surface area contributed by atoms with Crippen LogP contribution in [-0.2, 0) is 6.54 Å². The quantitative estimate of drug-likeness (QED) is 0.596. The van der Waals surface area contributed by atoms with Crippen molar-refractivity contribution in [3.63, 3.8) is 0 Å². The van der Waals surface area contributed by atoms with Gasteiger partial charge in [-0.25, -0.2) is 4.39 Å². The number of anilines is 2. The lowest BCUT2D eigenvalue weighted by Gasteiger charge is -2.36. The largest absolute Gasteiger partial charge is 0.369 e. The third-order valence-electron chi connectivity index (χ3n) is 6.27. The summed E-state index contributed by atoms with van der Waals surface area (Å²) in [5, 5.41) is 11.0. The Morgan fingerprint density at radius 3 is 2.23 bits per heavy atom. The number of benzene rings is 1. The van der Waals surface area contributed by atoms with Gasteiger partial charge in [0.05, 0.1) is 0 Å². The molecular weight excluding hydrogens is 411 g/mol. The van der Waals surface area contributed by atoms with Crippen LogP contribution in [0.3, 0.4) is 0 Å². The zero-order chi connectivity index (χ0) is 21.0. The maximum Gasteiger partial charge on any atom is 0.218 e. The van der Waals surface area contributed by atoms with Crippen LogP contribution >= 0.6 is 11.3 Å². The van der Waals surface area contributed by atoms with E-state index in [4.69, 9.17) is 0 Å². The standard InChI is InChI=1S/C23H29FN6S/c24-19-7-9-20(10-8-19)28-16-14-27(15-17-28)18-21-6-5-13-30(21)23-26-25-22(31-23)29-11-3-1-2-4-12-29/h5-10,13H,1-4,11-12,14-18H2. The molecule has 0 N–H and O–H groups in total. The van der Waals surface area contributed by atoms with Crippen LogP contribution in [-0.4, -0.2) is 58.9 Å². The Kier molecular flexibility index (Phi) is 6.18. The lowest BCUT2D eigenvalue weighted by atomic mass is 10.2. The molecule has 2 saturated heterocycles. The minimum Gasteiger partial charge on any atom is -0.369 e. The van der Waals surface area contributed by atoms with Gasteiger partial charge >= 0.3 is 0 Å². The van der Waals surface area contributed by atoms with Gasteiger partial charge in [0.2, 0.25) is 10.3 Å². The highest BCUT2D eigenvalue weighted by Crippen LogP contribution is 2.27. The van der Waals surface area contributed by atoms with Crippen LogP contribution < -0.4 is 9.80 Å². The minimum absolute atomic E-state index is 0.182. The van der Waals surface area contributed by atoms with Gasteiger partial charge < -0.3 is 9.80 Å². The number of aromatic nitrogens is 3. The van der Waals surface area contributed by atoms with Crippen molar-refractivity contribution < 1.29 is 4.39 Å². The molecule has 5 rings (SSSR count). The minimum atomic E-state index is -0.182. The van der Waals surface area contributed by atoms with Crippen molar-refractivity contribution in [1.29, 1.82) is 0 Å². The van der Waals surface area contributed by atoms with Gasteiger partial charge in [-0.15, -0.1) is 10.2 Å². The average molecular weight is 441 g/mol. The molecule has 4 heterocycles. The summed E-state index contributed by atoms with van der Waals surface area (Å²) in [6, 6.07) is 11.1. The van der Waals surface area contributed by atoms with Gasteiger partial charge in [-0.3, -0.25) is 9.47 Å². The van der Waals surface area contributed by atoms with Crippen LogP contribution in [0.1, 0.15) is 31.4 Å². The van der Waals surface area contributed by atoms with E-state index in [0.717, 1.165) is 61.8 Å². The molecule has 0 aliphatic carbocycles. The second kappa shape index (κ2) is 9.36. The van der Waals surface area contributed by atoms with Crippen LogP contribution in [0.15, 0.2) is 42.6 Å². The van der Waals surface area contributed by atoms with E-state index < -0.39 is 0 Å². The Labute approximate surface area is 186 Å². The summed E-state index contributed by atoms with van der Waals surface area (Å²) in [6.07, 6.45) is 7.22. The van der Waals surface area contributed by atoms with Crippen molar-refractivity contribution >= 4 is 22.2 Å². The van der Waals surface area contributed by atoms with Gasteiger partial charge in [-0.2, -0.15) is 0 Å². The molecule has 0 unspecified atom stereocenters. The zero-order valence-corrected chi connectivity index (χ0v) is 18.6. The summed E-state index contributed by atoms with van der Waals surface area (Å²) in [4.78, 5) is 7.20. The molecule has 164 valence electrons. The first-order valence-electron chi connectivity index (χ1n) is 11.2. The summed E-state index contributed by atoms with van der Waals surface area (Å²) in [6.45, 7) is 6.93. The van der Waals surface area contributed by atoms with Crippen molar-refractivity contribution in [3.8, 4) is 5.13 Å². The van der Waals surface area contributed by atoms with E-state index in [1.165, 1.54) is 43.5 Å². The van der Waals surface area contributed by atoms with E-state index in [9.17, 15) is 4.39 Å². The third-order valence-corrected chi connectivity index (χ3v) is 7.25. The Morgan fingerprint density at radius 2 is 1.48 bits per heavy atom. The predicted octanol–water partition coefficient (Wildman–Crippen LogP) is 4.17. The Bertz CT molecular complexity index is 968. The summed E-state index contributed by atoms with van der Waals surface area (Å²) >= 11 is 1.69. The number of hydrogen-bond donors (Lipinski definition) is 0. The molecule has 2 aliphatic rings. The Hall–Kier alpha value is -2.45. The molecule has 2 aliphatic heterocycles. The highest BCUT2D eigenvalue weighted by atomic mass is 32.1. The van der Waals surface area contributed by atoms with E-state index in [2.05, 4.69) is 47.8 Å². The summed E-state index contributed by atoms with van der Waals surface area (Å²) in [5.74, 6) is -0.182. The molecular formula is C23H29FN6S. The second-order valence-electron chi connectivity index (χ2n) is 8.38. The van der Waals surface area contributed by atoms with Crippen LogP contribution in [0.25, 0.3) is 5.13 Å². The molecule has 2 aromatic heterocycles. The normalized spacial score (nSPS) is 18.4. The summed E-state index contributed by atoms with van der Waals surface area (Å²) in [7, 11) is 0. The molecule has 0 bridgehead atoms. The lowest BCUT2D eigenvalue weighted by Crippen LogP contribution is -2.46. The molecule has 6 nitrogen and oxygen atoms in total. The second-order valence-corrected chi connectivity index (χ2v) is 9.31. The van der Waals surface area contributed by atoms with Crippen LogP contribution in [0.2, 0.25) is 0 Å². The zero-order valence-electron chi connectivity index (χ0n) is 17.8. The number of hydrogen-bond acceptors (Lipinski definition) is 6. The molecule has 0 saturated carbocycles. The summed E-state index contributed by atoms with van der Waals surface area (Å²) < 4.78 is 15.4. The molecule has 0 spiro atoms. The van der Waals surface area contributed by atoms with Crippen LogP contribution in [0.4, 0.5) is 15.2 Å².